The molecule has 3 aromatic rings. The summed E-state index contributed by atoms with van der Waals surface area (Å²) in [5.41, 5.74) is 10.2. The highest BCUT2D eigenvalue weighted by Gasteiger charge is 2.22. The SMILES string of the molecule is C=CC(=O)N1CCC(/C(N)=C/Nc2ccc(NC(=O)c3cccc(-c4ccn[nH]4)n3)cc2)CC1. The van der Waals surface area contributed by atoms with Crippen molar-refractivity contribution in [1.82, 2.24) is 20.1 Å². The second-order valence-electron chi connectivity index (χ2n) is 8.00. The van der Waals surface area contributed by atoms with Gasteiger partial charge in [0.15, 0.2) is 0 Å². The predicted octanol–water partition coefficient (Wildman–Crippen LogP) is 3.36. The third kappa shape index (κ3) is 5.50. The first-order valence-electron chi connectivity index (χ1n) is 11.0. The lowest BCUT2D eigenvalue weighted by molar-refractivity contribution is -0.127. The molecule has 1 aromatic carbocycles. The first-order chi connectivity index (χ1) is 16.5. The summed E-state index contributed by atoms with van der Waals surface area (Å²) in [6, 6.07) is 14.4. The summed E-state index contributed by atoms with van der Waals surface area (Å²) < 4.78 is 0. The lowest BCUT2D eigenvalue weighted by Crippen LogP contribution is -2.38. The second-order valence-corrected chi connectivity index (χ2v) is 8.00. The van der Waals surface area contributed by atoms with Crippen LogP contribution < -0.4 is 16.4 Å². The molecule has 1 saturated heterocycles. The number of piperidine rings is 1. The van der Waals surface area contributed by atoms with Crippen LogP contribution in [0.1, 0.15) is 23.3 Å². The van der Waals surface area contributed by atoms with Crippen LogP contribution in [0.15, 0.2) is 79.3 Å². The summed E-state index contributed by atoms with van der Waals surface area (Å²) in [5.74, 6) is -0.106. The van der Waals surface area contributed by atoms with E-state index in [2.05, 4.69) is 32.4 Å². The minimum Gasteiger partial charge on any atom is -0.401 e. The molecule has 5 N–H and O–H groups in total. The number of nitrogens with one attached hydrogen (secondary N) is 3. The van der Waals surface area contributed by atoms with Gasteiger partial charge in [-0.2, -0.15) is 5.10 Å². The van der Waals surface area contributed by atoms with Crippen LogP contribution in [0.4, 0.5) is 11.4 Å². The Hall–Kier alpha value is -4.40. The van der Waals surface area contributed by atoms with Gasteiger partial charge >= 0.3 is 0 Å². The fourth-order valence-corrected chi connectivity index (χ4v) is 3.80. The first kappa shape index (κ1) is 22.8. The molecule has 9 nitrogen and oxygen atoms in total. The highest BCUT2D eigenvalue weighted by atomic mass is 16.2. The normalized spacial score (nSPS) is 14.5. The number of amides is 2. The zero-order valence-corrected chi connectivity index (χ0v) is 18.7. The standard InChI is InChI=1S/C25H27N7O2/c1-2-24(33)32-14-11-17(12-15-32)20(26)16-27-18-6-8-19(9-7-18)29-25(34)23-5-3-4-21(30-23)22-10-13-28-31-22/h2-10,13,16-17,27H,1,11-12,14-15,26H2,(H,28,31)(H,29,34)/b20-16-. The minimum atomic E-state index is -0.299. The van der Waals surface area contributed by atoms with Crippen LogP contribution >= 0.6 is 0 Å². The lowest BCUT2D eigenvalue weighted by atomic mass is 9.94. The molecule has 4 rings (SSSR count). The van der Waals surface area contributed by atoms with Crippen molar-refractivity contribution in [3.05, 3.63) is 85.0 Å². The van der Waals surface area contributed by atoms with Crippen LogP contribution in [-0.4, -0.2) is 45.0 Å². The summed E-state index contributed by atoms with van der Waals surface area (Å²) in [6.07, 6.45) is 6.43. The molecule has 1 fully saturated rings. The average molecular weight is 458 g/mol. The Kier molecular flexibility index (Phi) is 7.02. The zero-order valence-electron chi connectivity index (χ0n) is 18.7. The molecule has 1 aliphatic rings. The molecule has 9 heteroatoms. The molecule has 34 heavy (non-hydrogen) atoms. The van der Waals surface area contributed by atoms with E-state index in [-0.39, 0.29) is 17.7 Å². The first-order valence-corrected chi connectivity index (χ1v) is 11.0. The van der Waals surface area contributed by atoms with Gasteiger partial charge in [-0.15, -0.1) is 0 Å². The van der Waals surface area contributed by atoms with Gasteiger partial charge in [-0.1, -0.05) is 12.6 Å². The monoisotopic (exact) mass is 457 g/mol. The third-order valence-corrected chi connectivity index (χ3v) is 5.76. The van der Waals surface area contributed by atoms with Crippen molar-refractivity contribution in [3.8, 4) is 11.4 Å². The largest absolute Gasteiger partial charge is 0.401 e. The molecule has 2 amide bonds. The van der Waals surface area contributed by atoms with Crippen LogP contribution in [0.25, 0.3) is 11.4 Å². The number of rotatable bonds is 7. The Balaban J connectivity index is 1.31. The van der Waals surface area contributed by atoms with Crippen molar-refractivity contribution in [1.29, 1.82) is 0 Å². The Morgan fingerprint density at radius 3 is 2.50 bits per heavy atom. The van der Waals surface area contributed by atoms with E-state index in [0.717, 1.165) is 29.9 Å². The van der Waals surface area contributed by atoms with Crippen molar-refractivity contribution < 1.29 is 9.59 Å². The number of H-pyrrole nitrogens is 1. The predicted molar refractivity (Wildman–Crippen MR) is 132 cm³/mol. The maximum absolute atomic E-state index is 12.6. The van der Waals surface area contributed by atoms with Crippen molar-refractivity contribution in [2.75, 3.05) is 23.7 Å². The van der Waals surface area contributed by atoms with Crippen LogP contribution in [0, 0.1) is 5.92 Å². The van der Waals surface area contributed by atoms with Gasteiger partial charge in [0, 0.05) is 48.5 Å². The van der Waals surface area contributed by atoms with Gasteiger partial charge in [-0.3, -0.25) is 14.7 Å². The molecular formula is C25H27N7O2. The van der Waals surface area contributed by atoms with Crippen molar-refractivity contribution in [3.63, 3.8) is 0 Å². The van der Waals surface area contributed by atoms with Crippen LogP contribution in [0.2, 0.25) is 0 Å². The average Bonchev–Trinajstić information content (AvgIpc) is 3.43. The molecule has 0 radical (unpaired) electrons. The van der Waals surface area contributed by atoms with Gasteiger partial charge < -0.3 is 21.3 Å². The number of hydrogen-bond acceptors (Lipinski definition) is 6. The molecule has 0 unspecified atom stereocenters. The number of hydrogen-bond donors (Lipinski definition) is 4. The maximum Gasteiger partial charge on any atom is 0.274 e. The number of carbonyl (C=O) groups is 2. The summed E-state index contributed by atoms with van der Waals surface area (Å²) in [6.45, 7) is 4.89. The highest BCUT2D eigenvalue weighted by molar-refractivity contribution is 6.03. The molecule has 0 bridgehead atoms. The van der Waals surface area contributed by atoms with E-state index in [4.69, 9.17) is 5.73 Å². The number of nitrogens with zero attached hydrogens (tertiary/aromatic N) is 3. The quantitative estimate of drug-likeness (QED) is 0.403. The van der Waals surface area contributed by atoms with Gasteiger partial charge in [0.25, 0.3) is 5.91 Å². The lowest BCUT2D eigenvalue weighted by Gasteiger charge is -2.31. The molecular weight excluding hydrogens is 430 g/mol. The minimum absolute atomic E-state index is 0.0346. The molecule has 0 spiro atoms. The zero-order chi connectivity index (χ0) is 23.9. The van der Waals surface area contributed by atoms with Crippen LogP contribution in [0.3, 0.4) is 0 Å². The van der Waals surface area contributed by atoms with E-state index >= 15 is 0 Å². The smallest absolute Gasteiger partial charge is 0.274 e. The number of aromatic nitrogens is 3. The third-order valence-electron chi connectivity index (χ3n) is 5.76. The van der Waals surface area contributed by atoms with Gasteiger partial charge in [-0.25, -0.2) is 4.98 Å². The van der Waals surface area contributed by atoms with Crippen LogP contribution in [0.5, 0.6) is 0 Å². The maximum atomic E-state index is 12.6. The summed E-state index contributed by atoms with van der Waals surface area (Å²) in [5, 5.41) is 12.8. The summed E-state index contributed by atoms with van der Waals surface area (Å²) >= 11 is 0. The fourth-order valence-electron chi connectivity index (χ4n) is 3.80. The molecule has 1 aliphatic heterocycles. The molecule has 2 aromatic heterocycles. The van der Waals surface area contributed by atoms with E-state index in [9.17, 15) is 9.59 Å². The van der Waals surface area contributed by atoms with E-state index < -0.39 is 0 Å². The highest BCUT2D eigenvalue weighted by Crippen LogP contribution is 2.23. The van der Waals surface area contributed by atoms with E-state index in [1.165, 1.54) is 6.08 Å². The van der Waals surface area contributed by atoms with Gasteiger partial charge in [0.1, 0.15) is 5.69 Å². The number of allylic oxidation sites excluding steroid dienone is 1. The number of likely N-dealkylation sites (tertiary alicyclic amines) is 1. The van der Waals surface area contributed by atoms with E-state index in [1.54, 1.807) is 35.5 Å². The molecule has 0 aliphatic carbocycles. The number of benzene rings is 1. The Bertz CT molecular complexity index is 1180. The summed E-state index contributed by atoms with van der Waals surface area (Å²) in [4.78, 5) is 30.5. The molecule has 174 valence electrons. The van der Waals surface area contributed by atoms with Crippen molar-refractivity contribution in [2.24, 2.45) is 11.7 Å². The van der Waals surface area contributed by atoms with Gasteiger partial charge in [-0.05, 0) is 61.4 Å². The molecule has 0 atom stereocenters. The number of carbonyl (C=O) groups excluding carboxylic acids is 2. The second kappa shape index (κ2) is 10.5. The Morgan fingerprint density at radius 1 is 1.09 bits per heavy atom. The number of nitrogens with two attached hydrogens (primary N) is 1. The Morgan fingerprint density at radius 2 is 1.82 bits per heavy atom. The number of aromatic amines is 1. The molecule has 3 heterocycles. The number of pyridine rings is 1. The fraction of sp³-hybridized carbons (Fsp3) is 0.200. The molecule has 0 saturated carbocycles. The Labute approximate surface area is 197 Å². The van der Waals surface area contributed by atoms with E-state index in [0.29, 0.717) is 30.2 Å². The van der Waals surface area contributed by atoms with E-state index in [1.807, 2.05) is 30.3 Å². The summed E-state index contributed by atoms with van der Waals surface area (Å²) in [7, 11) is 0. The van der Waals surface area contributed by atoms with Gasteiger partial charge in [0.05, 0.1) is 11.4 Å². The van der Waals surface area contributed by atoms with Crippen LogP contribution in [-0.2, 0) is 4.79 Å². The van der Waals surface area contributed by atoms with Gasteiger partial charge in [0.2, 0.25) is 5.91 Å². The van der Waals surface area contributed by atoms with Crippen molar-refractivity contribution >= 4 is 23.2 Å². The van der Waals surface area contributed by atoms with Crippen molar-refractivity contribution in [2.45, 2.75) is 12.8 Å². The number of anilines is 2. The topological polar surface area (TPSA) is 129 Å².